The summed E-state index contributed by atoms with van der Waals surface area (Å²) in [6.07, 6.45) is 9.23. The Morgan fingerprint density at radius 1 is 1.32 bits per heavy atom. The number of aromatic nitrogens is 2. The fourth-order valence-corrected chi connectivity index (χ4v) is 3.20. The van der Waals surface area contributed by atoms with Crippen molar-refractivity contribution in [1.82, 2.24) is 9.55 Å². The van der Waals surface area contributed by atoms with Gasteiger partial charge >= 0.3 is 0 Å². The largest absolute Gasteiger partial charge is 0.352 e. The normalized spacial score (nSPS) is 15.8. The maximum atomic E-state index is 4.44. The van der Waals surface area contributed by atoms with Crippen molar-refractivity contribution in [3.8, 4) is 0 Å². The Bertz CT molecular complexity index is 544. The molecule has 1 aliphatic rings. The predicted molar refractivity (Wildman–Crippen MR) is 81.2 cm³/mol. The van der Waals surface area contributed by atoms with Gasteiger partial charge in [0.15, 0.2) is 0 Å². The third kappa shape index (κ3) is 3.00. The lowest BCUT2D eigenvalue weighted by molar-refractivity contribution is 0.523. The summed E-state index contributed by atoms with van der Waals surface area (Å²) in [5, 5.41) is 3.44. The summed E-state index contributed by atoms with van der Waals surface area (Å²) < 4.78 is 3.41. The Kier molecular flexibility index (Phi) is 3.87. The van der Waals surface area contributed by atoms with Crippen molar-refractivity contribution in [3.05, 3.63) is 46.7 Å². The second-order valence-electron chi connectivity index (χ2n) is 5.08. The molecule has 1 aliphatic carbocycles. The molecule has 2 aromatic rings. The van der Waals surface area contributed by atoms with Gasteiger partial charge in [0.25, 0.3) is 0 Å². The zero-order valence-corrected chi connectivity index (χ0v) is 12.4. The van der Waals surface area contributed by atoms with Crippen LogP contribution in [0.15, 0.2) is 41.1 Å². The van der Waals surface area contributed by atoms with Crippen LogP contribution in [0, 0.1) is 0 Å². The highest BCUT2D eigenvalue weighted by Crippen LogP contribution is 2.31. The van der Waals surface area contributed by atoms with Gasteiger partial charge in [-0.15, -0.1) is 0 Å². The SMILES string of the molecule is Brc1cccc(CNc2nccn2C2CCCC2)c1. The number of imidazole rings is 1. The first kappa shape index (κ1) is 12.7. The molecule has 0 radical (unpaired) electrons. The molecule has 1 saturated carbocycles. The molecule has 100 valence electrons. The number of halogens is 1. The average molecular weight is 320 g/mol. The van der Waals surface area contributed by atoms with Crippen LogP contribution < -0.4 is 5.32 Å². The van der Waals surface area contributed by atoms with E-state index in [0.29, 0.717) is 6.04 Å². The van der Waals surface area contributed by atoms with Gasteiger partial charge in [0, 0.05) is 29.5 Å². The van der Waals surface area contributed by atoms with E-state index in [1.54, 1.807) is 0 Å². The van der Waals surface area contributed by atoms with Crippen LogP contribution in [0.1, 0.15) is 37.3 Å². The Morgan fingerprint density at radius 2 is 2.16 bits per heavy atom. The van der Waals surface area contributed by atoms with Crippen LogP contribution in [0.25, 0.3) is 0 Å². The molecule has 0 aliphatic heterocycles. The van der Waals surface area contributed by atoms with E-state index in [0.717, 1.165) is 17.0 Å². The van der Waals surface area contributed by atoms with E-state index in [2.05, 4.69) is 55.2 Å². The van der Waals surface area contributed by atoms with Crippen molar-refractivity contribution in [2.45, 2.75) is 38.3 Å². The van der Waals surface area contributed by atoms with E-state index in [-0.39, 0.29) is 0 Å². The summed E-state index contributed by atoms with van der Waals surface area (Å²) in [4.78, 5) is 4.44. The second-order valence-corrected chi connectivity index (χ2v) is 6.00. The van der Waals surface area contributed by atoms with Crippen molar-refractivity contribution in [3.63, 3.8) is 0 Å². The minimum Gasteiger partial charge on any atom is -0.352 e. The predicted octanol–water partition coefficient (Wildman–Crippen LogP) is 4.37. The Hall–Kier alpha value is -1.29. The standard InChI is InChI=1S/C15H18BrN3/c16-13-5-3-4-12(10-13)11-18-15-17-8-9-19(15)14-6-1-2-7-14/h3-5,8-10,14H,1-2,6-7,11H2,(H,17,18). The van der Waals surface area contributed by atoms with Gasteiger partial charge in [-0.05, 0) is 30.5 Å². The first-order valence-corrected chi connectivity index (χ1v) is 7.63. The Labute approximate surface area is 122 Å². The number of nitrogens with one attached hydrogen (secondary N) is 1. The zero-order valence-electron chi connectivity index (χ0n) is 10.8. The molecule has 3 nitrogen and oxygen atoms in total. The van der Waals surface area contributed by atoms with Crippen LogP contribution in [0.2, 0.25) is 0 Å². The smallest absolute Gasteiger partial charge is 0.203 e. The fraction of sp³-hybridized carbons (Fsp3) is 0.400. The molecule has 1 aromatic carbocycles. The van der Waals surface area contributed by atoms with E-state index in [1.165, 1.54) is 31.2 Å². The summed E-state index contributed by atoms with van der Waals surface area (Å²) in [7, 11) is 0. The van der Waals surface area contributed by atoms with Crippen LogP contribution in [-0.2, 0) is 6.54 Å². The van der Waals surface area contributed by atoms with E-state index in [1.807, 2.05) is 12.3 Å². The number of hydrogen-bond donors (Lipinski definition) is 1. The molecule has 19 heavy (non-hydrogen) atoms. The van der Waals surface area contributed by atoms with Crippen molar-refractivity contribution in [1.29, 1.82) is 0 Å². The van der Waals surface area contributed by atoms with E-state index in [4.69, 9.17) is 0 Å². The number of rotatable bonds is 4. The molecule has 0 unspecified atom stereocenters. The lowest BCUT2D eigenvalue weighted by atomic mass is 10.2. The van der Waals surface area contributed by atoms with Gasteiger partial charge < -0.3 is 9.88 Å². The summed E-state index contributed by atoms with van der Waals surface area (Å²) in [5.41, 5.74) is 1.26. The van der Waals surface area contributed by atoms with Gasteiger partial charge in [-0.25, -0.2) is 4.98 Å². The second kappa shape index (κ2) is 5.78. The molecule has 0 amide bonds. The van der Waals surface area contributed by atoms with E-state index >= 15 is 0 Å². The van der Waals surface area contributed by atoms with Gasteiger partial charge in [-0.1, -0.05) is 40.9 Å². The molecular formula is C15H18BrN3. The van der Waals surface area contributed by atoms with Gasteiger partial charge in [-0.2, -0.15) is 0 Å². The third-order valence-electron chi connectivity index (χ3n) is 3.73. The quantitative estimate of drug-likeness (QED) is 0.906. The Balaban J connectivity index is 1.68. The van der Waals surface area contributed by atoms with E-state index < -0.39 is 0 Å². The van der Waals surface area contributed by atoms with Crippen LogP contribution in [0.5, 0.6) is 0 Å². The average Bonchev–Trinajstić information content (AvgIpc) is 3.07. The lowest BCUT2D eigenvalue weighted by Crippen LogP contribution is -2.10. The number of anilines is 1. The lowest BCUT2D eigenvalue weighted by Gasteiger charge is -2.15. The maximum Gasteiger partial charge on any atom is 0.203 e. The first-order valence-electron chi connectivity index (χ1n) is 6.84. The molecule has 0 bridgehead atoms. The van der Waals surface area contributed by atoms with Gasteiger partial charge in [0.2, 0.25) is 5.95 Å². The fourth-order valence-electron chi connectivity index (χ4n) is 2.76. The topological polar surface area (TPSA) is 29.9 Å². The summed E-state index contributed by atoms with van der Waals surface area (Å²) in [5.74, 6) is 0.992. The van der Waals surface area contributed by atoms with Gasteiger partial charge in [0.05, 0.1) is 0 Å². The van der Waals surface area contributed by atoms with Crippen LogP contribution in [-0.4, -0.2) is 9.55 Å². The highest BCUT2D eigenvalue weighted by molar-refractivity contribution is 9.10. The van der Waals surface area contributed by atoms with Crippen LogP contribution in [0.3, 0.4) is 0 Å². The molecule has 4 heteroatoms. The Morgan fingerprint density at radius 3 is 2.95 bits per heavy atom. The molecule has 0 atom stereocenters. The molecule has 1 N–H and O–H groups in total. The molecule has 1 heterocycles. The summed E-state index contributed by atoms with van der Waals surface area (Å²) >= 11 is 3.50. The summed E-state index contributed by atoms with van der Waals surface area (Å²) in [6, 6.07) is 9.00. The molecule has 3 rings (SSSR count). The van der Waals surface area contributed by atoms with Crippen molar-refractivity contribution in [2.24, 2.45) is 0 Å². The number of nitrogens with zero attached hydrogens (tertiary/aromatic N) is 2. The molecule has 0 spiro atoms. The molecule has 1 aromatic heterocycles. The van der Waals surface area contributed by atoms with Crippen molar-refractivity contribution in [2.75, 3.05) is 5.32 Å². The number of benzene rings is 1. The van der Waals surface area contributed by atoms with Crippen molar-refractivity contribution >= 4 is 21.9 Å². The molecule has 0 saturated heterocycles. The van der Waals surface area contributed by atoms with Crippen molar-refractivity contribution < 1.29 is 0 Å². The summed E-state index contributed by atoms with van der Waals surface area (Å²) in [6.45, 7) is 0.809. The first-order chi connectivity index (χ1) is 9.33. The molecule has 1 fully saturated rings. The monoisotopic (exact) mass is 319 g/mol. The van der Waals surface area contributed by atoms with Gasteiger partial charge in [-0.3, -0.25) is 0 Å². The van der Waals surface area contributed by atoms with E-state index in [9.17, 15) is 0 Å². The zero-order chi connectivity index (χ0) is 13.1. The maximum absolute atomic E-state index is 4.44. The highest BCUT2D eigenvalue weighted by atomic mass is 79.9. The number of hydrogen-bond acceptors (Lipinski definition) is 2. The van der Waals surface area contributed by atoms with Gasteiger partial charge in [0.1, 0.15) is 0 Å². The van der Waals surface area contributed by atoms with Crippen LogP contribution in [0.4, 0.5) is 5.95 Å². The minimum atomic E-state index is 0.632. The highest BCUT2D eigenvalue weighted by Gasteiger charge is 2.18. The third-order valence-corrected chi connectivity index (χ3v) is 4.22. The molecular weight excluding hydrogens is 302 g/mol. The minimum absolute atomic E-state index is 0.632. The van der Waals surface area contributed by atoms with Crippen LogP contribution >= 0.6 is 15.9 Å².